The zero-order valence-electron chi connectivity index (χ0n) is 17.1. The van der Waals surface area contributed by atoms with Gasteiger partial charge in [-0.25, -0.2) is 0 Å². The molecule has 1 aliphatic heterocycles. The fraction of sp³-hybridized carbons (Fsp3) is 0.304. The molecule has 1 atom stereocenters. The van der Waals surface area contributed by atoms with Crippen LogP contribution in [0.5, 0.6) is 0 Å². The predicted molar refractivity (Wildman–Crippen MR) is 114 cm³/mol. The highest BCUT2D eigenvalue weighted by molar-refractivity contribution is 6.05. The van der Waals surface area contributed by atoms with Crippen LogP contribution in [0.25, 0.3) is 0 Å². The molecule has 0 radical (unpaired) electrons. The Morgan fingerprint density at radius 3 is 2.60 bits per heavy atom. The molecule has 1 aliphatic carbocycles. The van der Waals surface area contributed by atoms with Crippen molar-refractivity contribution >= 4 is 28.8 Å². The van der Waals surface area contributed by atoms with Gasteiger partial charge in [0.15, 0.2) is 5.78 Å². The van der Waals surface area contributed by atoms with E-state index in [4.69, 9.17) is 0 Å². The van der Waals surface area contributed by atoms with Crippen LogP contribution in [0.2, 0.25) is 0 Å². The predicted octanol–water partition coefficient (Wildman–Crippen LogP) is 4.76. The van der Waals surface area contributed by atoms with Gasteiger partial charge in [0.1, 0.15) is 0 Å². The van der Waals surface area contributed by atoms with E-state index in [-0.39, 0.29) is 22.8 Å². The zero-order chi connectivity index (χ0) is 21.6. The number of carbonyl (C=O) groups is 2. The van der Waals surface area contributed by atoms with Gasteiger partial charge in [0.25, 0.3) is 5.69 Å². The number of nitrogens with zero attached hydrogens (tertiary/aromatic N) is 2. The van der Waals surface area contributed by atoms with E-state index in [1.165, 1.54) is 19.1 Å². The molecule has 0 aromatic heterocycles. The van der Waals surface area contributed by atoms with Crippen molar-refractivity contribution in [3.05, 3.63) is 75.5 Å². The number of non-ortho nitro benzene ring substituents is 1. The van der Waals surface area contributed by atoms with E-state index in [0.717, 1.165) is 11.4 Å². The Labute approximate surface area is 174 Å². The molecule has 1 amide bonds. The summed E-state index contributed by atoms with van der Waals surface area (Å²) >= 11 is 0. The van der Waals surface area contributed by atoms with Crippen molar-refractivity contribution in [2.24, 2.45) is 5.41 Å². The molecule has 2 aliphatic rings. The minimum atomic E-state index is -0.739. The maximum atomic E-state index is 13.3. The van der Waals surface area contributed by atoms with Crippen LogP contribution in [0, 0.1) is 15.5 Å². The number of nitrogens with one attached hydrogen (secondary N) is 1. The molecular formula is C23H23N3O4. The summed E-state index contributed by atoms with van der Waals surface area (Å²) in [4.78, 5) is 38.7. The second-order valence-electron chi connectivity index (χ2n) is 8.62. The van der Waals surface area contributed by atoms with Gasteiger partial charge in [0.2, 0.25) is 5.91 Å². The van der Waals surface area contributed by atoms with Gasteiger partial charge in [0.05, 0.1) is 22.3 Å². The van der Waals surface area contributed by atoms with E-state index in [2.05, 4.69) is 5.32 Å². The van der Waals surface area contributed by atoms with E-state index in [1.54, 1.807) is 17.0 Å². The number of fused-ring (bicyclic) bond motifs is 1. The first-order valence-corrected chi connectivity index (χ1v) is 9.84. The topological polar surface area (TPSA) is 92.6 Å². The first-order chi connectivity index (χ1) is 14.2. The Balaban J connectivity index is 2.02. The third-order valence-electron chi connectivity index (χ3n) is 5.64. The number of nitro benzene ring substituents is 1. The number of hydrogen-bond acceptors (Lipinski definition) is 5. The summed E-state index contributed by atoms with van der Waals surface area (Å²) in [6, 6.07) is 12.8. The molecule has 0 bridgehead atoms. The number of amides is 1. The molecule has 0 spiro atoms. The van der Waals surface area contributed by atoms with Crippen molar-refractivity contribution in [3.63, 3.8) is 0 Å². The Morgan fingerprint density at radius 1 is 1.17 bits per heavy atom. The molecule has 0 saturated carbocycles. The van der Waals surface area contributed by atoms with Crippen LogP contribution in [0.4, 0.5) is 17.1 Å². The molecule has 1 N–H and O–H groups in total. The summed E-state index contributed by atoms with van der Waals surface area (Å²) in [7, 11) is 0. The average molecular weight is 405 g/mol. The van der Waals surface area contributed by atoms with Crippen molar-refractivity contribution in [1.82, 2.24) is 0 Å². The molecule has 2 aromatic carbocycles. The summed E-state index contributed by atoms with van der Waals surface area (Å²) in [6.07, 6.45) is 0.987. The molecule has 2 aromatic rings. The lowest BCUT2D eigenvalue weighted by atomic mass is 9.73. The lowest BCUT2D eigenvalue weighted by Gasteiger charge is -2.36. The van der Waals surface area contributed by atoms with Crippen LogP contribution < -0.4 is 10.2 Å². The molecule has 0 saturated heterocycles. The molecular weight excluding hydrogens is 382 g/mol. The van der Waals surface area contributed by atoms with Gasteiger partial charge < -0.3 is 5.32 Å². The summed E-state index contributed by atoms with van der Waals surface area (Å²) in [5.74, 6) is -0.295. The highest BCUT2D eigenvalue weighted by Crippen LogP contribution is 2.48. The largest absolute Gasteiger partial charge is 0.357 e. The van der Waals surface area contributed by atoms with E-state index < -0.39 is 11.0 Å². The van der Waals surface area contributed by atoms with Crippen molar-refractivity contribution in [1.29, 1.82) is 0 Å². The van der Waals surface area contributed by atoms with Crippen LogP contribution in [-0.4, -0.2) is 16.6 Å². The Morgan fingerprint density at radius 2 is 1.90 bits per heavy atom. The highest BCUT2D eigenvalue weighted by atomic mass is 16.6. The number of Topliss-reactive ketones (excluding diaryl/α,β-unsaturated/α-hetero) is 1. The lowest BCUT2D eigenvalue weighted by molar-refractivity contribution is -0.384. The molecule has 0 fully saturated rings. The monoisotopic (exact) mass is 405 g/mol. The summed E-state index contributed by atoms with van der Waals surface area (Å²) in [5.41, 5.74) is 2.88. The molecule has 7 nitrogen and oxygen atoms in total. The number of allylic oxidation sites excluding steroid dienone is 1. The molecule has 7 heteroatoms. The first kappa shape index (κ1) is 19.8. The van der Waals surface area contributed by atoms with Crippen LogP contribution in [0.1, 0.15) is 45.2 Å². The second-order valence-corrected chi connectivity index (χ2v) is 8.62. The molecule has 1 heterocycles. The van der Waals surface area contributed by atoms with Crippen LogP contribution in [-0.2, 0) is 9.59 Å². The zero-order valence-corrected chi connectivity index (χ0v) is 17.1. The second kappa shape index (κ2) is 7.09. The van der Waals surface area contributed by atoms with Gasteiger partial charge >= 0.3 is 0 Å². The number of carbonyl (C=O) groups excluding carboxylic acids is 2. The number of hydrogen-bond donors (Lipinski definition) is 1. The number of benzene rings is 2. The normalized spacial score (nSPS) is 20.0. The number of ketones is 1. The minimum Gasteiger partial charge on any atom is -0.357 e. The van der Waals surface area contributed by atoms with Crippen LogP contribution in [0.3, 0.4) is 0 Å². The van der Waals surface area contributed by atoms with Gasteiger partial charge in [-0.1, -0.05) is 38.1 Å². The van der Waals surface area contributed by atoms with E-state index in [0.29, 0.717) is 29.7 Å². The maximum Gasteiger partial charge on any atom is 0.269 e. The minimum absolute atomic E-state index is 0.0516. The van der Waals surface area contributed by atoms with Gasteiger partial charge in [-0.2, -0.15) is 0 Å². The number of rotatable bonds is 2. The Hall–Kier alpha value is -3.48. The smallest absolute Gasteiger partial charge is 0.269 e. The number of nitro groups is 1. The standard InChI is InChI=1S/C23H23N3O4/c1-14(27)25-19-10-5-4-9-17(19)24-18-12-23(2,3)13-20(28)21(18)22(25)15-7-6-8-16(11-15)26(29)30/h4-11,22,24H,12-13H2,1-3H3. The molecule has 1 unspecified atom stereocenters. The van der Waals surface area contributed by atoms with Crippen LogP contribution in [0.15, 0.2) is 59.8 Å². The summed E-state index contributed by atoms with van der Waals surface area (Å²) < 4.78 is 0. The molecule has 30 heavy (non-hydrogen) atoms. The van der Waals surface area contributed by atoms with Crippen molar-refractivity contribution in [3.8, 4) is 0 Å². The van der Waals surface area contributed by atoms with Gasteiger partial charge in [-0.15, -0.1) is 0 Å². The number of anilines is 2. The fourth-order valence-corrected chi connectivity index (χ4v) is 4.46. The van der Waals surface area contributed by atoms with Gasteiger partial charge in [-0.05, 0) is 29.5 Å². The van der Waals surface area contributed by atoms with E-state index in [1.807, 2.05) is 38.1 Å². The van der Waals surface area contributed by atoms with Crippen molar-refractivity contribution < 1.29 is 14.5 Å². The quantitative estimate of drug-likeness (QED) is 0.574. The van der Waals surface area contributed by atoms with E-state index >= 15 is 0 Å². The summed E-state index contributed by atoms with van der Waals surface area (Å²) in [6.45, 7) is 5.53. The number of para-hydroxylation sites is 2. The van der Waals surface area contributed by atoms with Gasteiger partial charge in [-0.3, -0.25) is 24.6 Å². The lowest BCUT2D eigenvalue weighted by Crippen LogP contribution is -2.38. The highest BCUT2D eigenvalue weighted by Gasteiger charge is 2.42. The van der Waals surface area contributed by atoms with Crippen molar-refractivity contribution in [2.75, 3.05) is 10.2 Å². The van der Waals surface area contributed by atoms with Crippen molar-refractivity contribution in [2.45, 2.75) is 39.7 Å². The Bertz CT molecular complexity index is 1100. The first-order valence-electron chi connectivity index (χ1n) is 9.84. The van der Waals surface area contributed by atoms with Crippen LogP contribution >= 0.6 is 0 Å². The summed E-state index contributed by atoms with van der Waals surface area (Å²) in [5, 5.41) is 14.8. The molecule has 154 valence electrons. The molecule has 4 rings (SSSR count). The third-order valence-corrected chi connectivity index (χ3v) is 5.64. The Kier molecular flexibility index (Phi) is 4.68. The maximum absolute atomic E-state index is 13.3. The fourth-order valence-electron chi connectivity index (χ4n) is 4.46. The average Bonchev–Trinajstić information content (AvgIpc) is 2.81. The SMILES string of the molecule is CC(=O)N1c2ccccc2NC2=C(C(=O)CC(C)(C)C2)C1c1cccc([N+](=O)[O-])c1. The van der Waals surface area contributed by atoms with E-state index in [9.17, 15) is 19.7 Å². The third kappa shape index (κ3) is 3.36. The van der Waals surface area contributed by atoms with Gasteiger partial charge in [0, 0.05) is 36.7 Å².